The first-order chi connectivity index (χ1) is 11.8. The zero-order valence-electron chi connectivity index (χ0n) is 14.2. The Balaban J connectivity index is 1.78. The van der Waals surface area contributed by atoms with Gasteiger partial charge >= 0.3 is 0 Å². The molecule has 0 radical (unpaired) electrons. The number of carbonyl (C=O) groups is 1. The monoisotopic (exact) mass is 342 g/mol. The fraction of sp³-hybridized carbons (Fsp3) is 0.294. The smallest absolute Gasteiger partial charge is 0.254 e. The second kappa shape index (κ2) is 6.46. The second-order valence-electron chi connectivity index (χ2n) is 5.96. The topological polar surface area (TPSA) is 98.2 Å². The lowest BCUT2D eigenvalue weighted by atomic mass is 10.1. The van der Waals surface area contributed by atoms with Crippen LogP contribution in [0, 0.1) is 19.7 Å². The van der Waals surface area contributed by atoms with Crippen molar-refractivity contribution in [1.29, 1.82) is 0 Å². The summed E-state index contributed by atoms with van der Waals surface area (Å²) >= 11 is 0. The van der Waals surface area contributed by atoms with Gasteiger partial charge in [-0.2, -0.15) is 9.50 Å². The molecule has 0 aliphatic heterocycles. The number of rotatable bonds is 4. The number of aryl methyl sites for hydroxylation is 2. The highest BCUT2D eigenvalue weighted by Gasteiger charge is 2.17. The lowest BCUT2D eigenvalue weighted by molar-refractivity contribution is -0.121. The molecule has 2 heterocycles. The van der Waals surface area contributed by atoms with Crippen molar-refractivity contribution in [2.45, 2.75) is 33.2 Å². The highest BCUT2D eigenvalue weighted by molar-refractivity contribution is 5.79. The van der Waals surface area contributed by atoms with Crippen LogP contribution in [0.1, 0.15) is 35.5 Å². The number of hydrogen-bond acceptors (Lipinski definition) is 5. The average molecular weight is 342 g/mol. The van der Waals surface area contributed by atoms with E-state index in [9.17, 15) is 9.18 Å². The molecule has 3 N–H and O–H groups in total. The van der Waals surface area contributed by atoms with Crippen LogP contribution in [0.3, 0.4) is 0 Å². The van der Waals surface area contributed by atoms with Crippen molar-refractivity contribution < 1.29 is 9.18 Å². The molecule has 0 bridgehead atoms. The van der Waals surface area contributed by atoms with Crippen LogP contribution in [0.4, 0.5) is 10.3 Å². The van der Waals surface area contributed by atoms with Gasteiger partial charge in [-0.3, -0.25) is 4.79 Å². The number of aromatic nitrogens is 4. The molecule has 0 saturated carbocycles. The normalized spacial score (nSPS) is 12.3. The summed E-state index contributed by atoms with van der Waals surface area (Å²) in [5.74, 6) is 0.0927. The standard InChI is InChI=1S/C17H19FN6O/c1-9(12-4-6-13(18)7-5-12)20-15(25)8-14-10(2)21-17-22-16(19)23-24(17)11(14)3/h4-7,9H,8H2,1-3H3,(H2,19,23)(H,20,25)/t9-/m1/s1. The number of halogens is 1. The predicted octanol–water partition coefficient (Wildman–Crippen LogP) is 1.88. The van der Waals surface area contributed by atoms with Gasteiger partial charge < -0.3 is 11.1 Å². The van der Waals surface area contributed by atoms with Gasteiger partial charge in [0.2, 0.25) is 11.9 Å². The van der Waals surface area contributed by atoms with E-state index >= 15 is 0 Å². The molecule has 130 valence electrons. The van der Waals surface area contributed by atoms with Gasteiger partial charge in [-0.25, -0.2) is 9.37 Å². The van der Waals surface area contributed by atoms with E-state index in [1.54, 1.807) is 12.1 Å². The summed E-state index contributed by atoms with van der Waals surface area (Å²) in [4.78, 5) is 20.8. The Morgan fingerprint density at radius 1 is 1.28 bits per heavy atom. The van der Waals surface area contributed by atoms with Gasteiger partial charge in [0.1, 0.15) is 5.82 Å². The van der Waals surface area contributed by atoms with Gasteiger partial charge in [-0.1, -0.05) is 12.1 Å². The maximum Gasteiger partial charge on any atom is 0.254 e. The van der Waals surface area contributed by atoms with Crippen molar-refractivity contribution in [2.75, 3.05) is 5.73 Å². The zero-order valence-corrected chi connectivity index (χ0v) is 14.2. The third-order valence-corrected chi connectivity index (χ3v) is 4.15. The van der Waals surface area contributed by atoms with Crippen molar-refractivity contribution in [3.63, 3.8) is 0 Å². The van der Waals surface area contributed by atoms with E-state index in [1.807, 2.05) is 20.8 Å². The predicted molar refractivity (Wildman–Crippen MR) is 91.3 cm³/mol. The fourth-order valence-corrected chi connectivity index (χ4v) is 2.77. The fourth-order valence-electron chi connectivity index (χ4n) is 2.77. The molecule has 0 aliphatic rings. The van der Waals surface area contributed by atoms with Crippen molar-refractivity contribution in [3.05, 3.63) is 52.6 Å². The van der Waals surface area contributed by atoms with E-state index in [0.717, 1.165) is 16.8 Å². The van der Waals surface area contributed by atoms with E-state index in [-0.39, 0.29) is 30.1 Å². The van der Waals surface area contributed by atoms with Gasteiger partial charge in [0.15, 0.2) is 0 Å². The molecular formula is C17H19FN6O. The van der Waals surface area contributed by atoms with Crippen molar-refractivity contribution in [2.24, 2.45) is 0 Å². The molecule has 25 heavy (non-hydrogen) atoms. The molecule has 8 heteroatoms. The molecule has 1 amide bonds. The van der Waals surface area contributed by atoms with E-state index < -0.39 is 0 Å². The summed E-state index contributed by atoms with van der Waals surface area (Å²) in [5.41, 5.74) is 8.71. The Hall–Kier alpha value is -3.03. The quantitative estimate of drug-likeness (QED) is 0.754. The molecule has 2 aromatic heterocycles. The van der Waals surface area contributed by atoms with Gasteiger partial charge in [-0.05, 0) is 38.5 Å². The Kier molecular flexibility index (Phi) is 4.35. The van der Waals surface area contributed by atoms with Crippen molar-refractivity contribution >= 4 is 17.6 Å². The van der Waals surface area contributed by atoms with Crippen LogP contribution < -0.4 is 11.1 Å². The lowest BCUT2D eigenvalue weighted by Gasteiger charge is -2.16. The van der Waals surface area contributed by atoms with Crippen molar-refractivity contribution in [3.8, 4) is 0 Å². The summed E-state index contributed by atoms with van der Waals surface area (Å²) in [6, 6.07) is 5.83. The number of amides is 1. The number of nitrogens with two attached hydrogens (primary N) is 1. The van der Waals surface area contributed by atoms with Crippen LogP contribution in [0.25, 0.3) is 5.78 Å². The molecule has 3 aromatic rings. The summed E-state index contributed by atoms with van der Waals surface area (Å²) in [7, 11) is 0. The van der Waals surface area contributed by atoms with Crippen LogP contribution in [-0.2, 0) is 11.2 Å². The third kappa shape index (κ3) is 3.42. The molecule has 3 rings (SSSR count). The second-order valence-corrected chi connectivity index (χ2v) is 5.96. The van der Waals surface area contributed by atoms with Crippen LogP contribution >= 0.6 is 0 Å². The largest absolute Gasteiger partial charge is 0.366 e. The Morgan fingerprint density at radius 2 is 1.96 bits per heavy atom. The molecule has 0 aliphatic carbocycles. The van der Waals surface area contributed by atoms with Gasteiger partial charge in [0, 0.05) is 17.0 Å². The molecule has 7 nitrogen and oxygen atoms in total. The van der Waals surface area contributed by atoms with Gasteiger partial charge in [0.05, 0.1) is 12.5 Å². The van der Waals surface area contributed by atoms with E-state index in [0.29, 0.717) is 11.5 Å². The molecule has 0 fully saturated rings. The van der Waals surface area contributed by atoms with Crippen LogP contribution in [0.15, 0.2) is 24.3 Å². The minimum Gasteiger partial charge on any atom is -0.366 e. The average Bonchev–Trinajstić information content (AvgIpc) is 2.92. The molecule has 0 unspecified atom stereocenters. The summed E-state index contributed by atoms with van der Waals surface area (Å²) in [5, 5.41) is 7.00. The Bertz CT molecular complexity index is 934. The maximum atomic E-state index is 13.0. The first-order valence-corrected chi connectivity index (χ1v) is 7.88. The molecule has 0 saturated heterocycles. The summed E-state index contributed by atoms with van der Waals surface area (Å²) < 4.78 is 14.5. The first-order valence-electron chi connectivity index (χ1n) is 7.88. The highest BCUT2D eigenvalue weighted by Crippen LogP contribution is 2.17. The Morgan fingerprint density at radius 3 is 2.64 bits per heavy atom. The van der Waals surface area contributed by atoms with Crippen LogP contribution in [0.2, 0.25) is 0 Å². The number of fused-ring (bicyclic) bond motifs is 1. The third-order valence-electron chi connectivity index (χ3n) is 4.15. The zero-order chi connectivity index (χ0) is 18.1. The SMILES string of the molecule is Cc1nc2nc(N)nn2c(C)c1CC(=O)N[C@H](C)c1ccc(F)cc1. The maximum absolute atomic E-state index is 13.0. The van der Waals surface area contributed by atoms with Crippen molar-refractivity contribution in [1.82, 2.24) is 24.9 Å². The number of anilines is 1. The highest BCUT2D eigenvalue weighted by atomic mass is 19.1. The molecule has 1 atom stereocenters. The van der Waals surface area contributed by atoms with E-state index in [4.69, 9.17) is 5.73 Å². The molecule has 0 spiro atoms. The molecule has 1 aromatic carbocycles. The number of nitrogens with one attached hydrogen (secondary N) is 1. The number of nitrogen functional groups attached to an aromatic ring is 1. The van der Waals surface area contributed by atoms with Crippen LogP contribution in [-0.4, -0.2) is 25.5 Å². The summed E-state index contributed by atoms with van der Waals surface area (Å²) in [6.45, 7) is 5.52. The number of hydrogen-bond donors (Lipinski definition) is 2. The van der Waals surface area contributed by atoms with Gasteiger partial charge in [0.25, 0.3) is 5.78 Å². The van der Waals surface area contributed by atoms with Crippen LogP contribution in [0.5, 0.6) is 0 Å². The van der Waals surface area contributed by atoms with E-state index in [2.05, 4.69) is 20.4 Å². The number of nitrogens with zero attached hydrogens (tertiary/aromatic N) is 4. The number of benzene rings is 1. The number of carbonyl (C=O) groups excluding carboxylic acids is 1. The minimum atomic E-state index is -0.306. The van der Waals surface area contributed by atoms with E-state index in [1.165, 1.54) is 16.6 Å². The molecular weight excluding hydrogens is 323 g/mol. The lowest BCUT2D eigenvalue weighted by Crippen LogP contribution is -2.29. The minimum absolute atomic E-state index is 0.140. The Labute approximate surface area is 144 Å². The van der Waals surface area contributed by atoms with Gasteiger partial charge in [-0.15, -0.1) is 5.10 Å². The summed E-state index contributed by atoms with van der Waals surface area (Å²) in [6.07, 6.45) is 0.159. The first kappa shape index (κ1) is 16.8.